The molecule has 30 heavy (non-hydrogen) atoms. The molecule has 2 aromatic heterocycles. The maximum absolute atomic E-state index is 13.0. The molecule has 9 heteroatoms. The minimum absolute atomic E-state index is 0.120. The lowest BCUT2D eigenvalue weighted by atomic mass is 10.1. The first-order chi connectivity index (χ1) is 14.4. The van der Waals surface area contributed by atoms with Gasteiger partial charge in [0, 0.05) is 18.5 Å². The van der Waals surface area contributed by atoms with Gasteiger partial charge in [-0.2, -0.15) is 5.10 Å². The molecule has 3 heterocycles. The van der Waals surface area contributed by atoms with Crippen LogP contribution in [0.3, 0.4) is 0 Å². The van der Waals surface area contributed by atoms with Crippen molar-refractivity contribution in [2.45, 2.75) is 18.9 Å². The molecule has 1 N–H and O–H groups in total. The molecule has 0 radical (unpaired) electrons. The van der Waals surface area contributed by atoms with E-state index < -0.39 is 5.92 Å². The number of ether oxygens (including phenoxy) is 1. The molecular weight excluding hydrogens is 392 g/mol. The van der Waals surface area contributed by atoms with E-state index >= 15 is 0 Å². The van der Waals surface area contributed by atoms with Crippen LogP contribution >= 0.6 is 0 Å². The fourth-order valence-electron chi connectivity index (χ4n) is 3.19. The monoisotopic (exact) mass is 413 g/mol. The van der Waals surface area contributed by atoms with E-state index in [0.29, 0.717) is 23.7 Å². The third-order valence-electron chi connectivity index (χ3n) is 4.75. The van der Waals surface area contributed by atoms with Gasteiger partial charge >= 0.3 is 0 Å². The number of amides is 1. The number of pyridine rings is 1. The lowest BCUT2D eigenvalue weighted by Crippen LogP contribution is -2.56. The van der Waals surface area contributed by atoms with Crippen LogP contribution in [0.25, 0.3) is 0 Å². The maximum Gasteiger partial charge on any atom is 0.282 e. The smallest absolute Gasteiger partial charge is 0.282 e. The molecule has 1 fully saturated rings. The van der Waals surface area contributed by atoms with Gasteiger partial charge in [0.2, 0.25) is 5.91 Å². The SMILES string of the molecule is COc1ccc(Cn2ccc(NC(=O)Cc3ccc(N4CC(F)(F)C4)nc3)n2)cc1. The number of hydrogen-bond acceptors (Lipinski definition) is 5. The molecule has 7 nitrogen and oxygen atoms in total. The summed E-state index contributed by atoms with van der Waals surface area (Å²) in [5.74, 6) is -1.13. The molecule has 0 bridgehead atoms. The third kappa shape index (κ3) is 4.73. The van der Waals surface area contributed by atoms with Crippen molar-refractivity contribution in [2.75, 3.05) is 30.4 Å². The normalized spacial score (nSPS) is 14.8. The lowest BCUT2D eigenvalue weighted by molar-refractivity contribution is -0.115. The standard InChI is InChI=1S/C21H21F2N5O2/c1-30-17-5-2-15(3-6-17)12-28-9-8-18(26-28)25-20(29)10-16-4-7-19(24-11-16)27-13-21(22,23)14-27/h2-9,11H,10,12-14H2,1H3,(H,25,26,29). The van der Waals surface area contributed by atoms with Gasteiger partial charge in [-0.3, -0.25) is 9.48 Å². The van der Waals surface area contributed by atoms with Gasteiger partial charge in [-0.15, -0.1) is 0 Å². The Kier molecular flexibility index (Phi) is 5.35. The second-order valence-electron chi connectivity index (χ2n) is 7.21. The number of carbonyl (C=O) groups is 1. The Balaban J connectivity index is 1.29. The predicted molar refractivity (Wildman–Crippen MR) is 108 cm³/mol. The molecular formula is C21H21F2N5O2. The molecule has 4 rings (SSSR count). The average molecular weight is 413 g/mol. The Hall–Kier alpha value is -3.49. The number of alkyl halides is 2. The Morgan fingerprint density at radius 1 is 1.13 bits per heavy atom. The minimum Gasteiger partial charge on any atom is -0.497 e. The van der Waals surface area contributed by atoms with Crippen LogP contribution in [-0.4, -0.2) is 46.8 Å². The van der Waals surface area contributed by atoms with Gasteiger partial charge in [-0.25, -0.2) is 13.8 Å². The number of anilines is 2. The largest absolute Gasteiger partial charge is 0.497 e. The molecule has 1 amide bonds. The van der Waals surface area contributed by atoms with E-state index in [2.05, 4.69) is 15.4 Å². The molecule has 0 aliphatic carbocycles. The Labute approximate surface area is 172 Å². The molecule has 0 unspecified atom stereocenters. The van der Waals surface area contributed by atoms with Crippen LogP contribution in [0.1, 0.15) is 11.1 Å². The van der Waals surface area contributed by atoms with Gasteiger partial charge < -0.3 is 15.0 Å². The van der Waals surface area contributed by atoms with Crippen molar-refractivity contribution in [1.82, 2.24) is 14.8 Å². The fraction of sp³-hybridized carbons (Fsp3) is 0.286. The van der Waals surface area contributed by atoms with E-state index in [4.69, 9.17) is 4.74 Å². The van der Waals surface area contributed by atoms with E-state index in [9.17, 15) is 13.6 Å². The van der Waals surface area contributed by atoms with Crippen LogP contribution in [0.5, 0.6) is 5.75 Å². The number of benzene rings is 1. The number of carbonyl (C=O) groups excluding carboxylic acids is 1. The summed E-state index contributed by atoms with van der Waals surface area (Å²) in [6.07, 6.45) is 3.45. The summed E-state index contributed by atoms with van der Waals surface area (Å²) in [5, 5.41) is 7.12. The van der Waals surface area contributed by atoms with Crippen LogP contribution in [-0.2, 0) is 17.8 Å². The molecule has 0 atom stereocenters. The predicted octanol–water partition coefficient (Wildman–Crippen LogP) is 2.97. The zero-order valence-electron chi connectivity index (χ0n) is 16.4. The Morgan fingerprint density at radius 2 is 1.87 bits per heavy atom. The fourth-order valence-corrected chi connectivity index (χ4v) is 3.19. The topological polar surface area (TPSA) is 72.3 Å². The quantitative estimate of drug-likeness (QED) is 0.645. The van der Waals surface area contributed by atoms with Gasteiger partial charge in [0.05, 0.1) is 33.2 Å². The number of hydrogen-bond donors (Lipinski definition) is 1. The average Bonchev–Trinajstić information content (AvgIpc) is 3.14. The highest BCUT2D eigenvalue weighted by Crippen LogP contribution is 2.30. The molecule has 0 saturated carbocycles. The van der Waals surface area contributed by atoms with E-state index in [1.807, 2.05) is 24.3 Å². The Morgan fingerprint density at radius 3 is 2.50 bits per heavy atom. The first-order valence-corrected chi connectivity index (χ1v) is 9.44. The zero-order chi connectivity index (χ0) is 21.1. The molecule has 1 aliphatic rings. The van der Waals surface area contributed by atoms with Gasteiger partial charge in [-0.05, 0) is 29.3 Å². The summed E-state index contributed by atoms with van der Waals surface area (Å²) in [5.41, 5.74) is 1.75. The molecule has 1 aromatic carbocycles. The van der Waals surface area contributed by atoms with Crippen LogP contribution in [0, 0.1) is 0 Å². The first-order valence-electron chi connectivity index (χ1n) is 9.44. The van der Waals surface area contributed by atoms with Gasteiger partial charge in [0.1, 0.15) is 11.6 Å². The summed E-state index contributed by atoms with van der Waals surface area (Å²) < 4.78 is 32.8. The lowest BCUT2D eigenvalue weighted by Gasteiger charge is -2.39. The molecule has 156 valence electrons. The van der Waals surface area contributed by atoms with Crippen molar-refractivity contribution in [2.24, 2.45) is 0 Å². The molecule has 3 aromatic rings. The van der Waals surface area contributed by atoms with Crippen LogP contribution in [0.2, 0.25) is 0 Å². The number of nitrogens with zero attached hydrogens (tertiary/aromatic N) is 4. The summed E-state index contributed by atoms with van der Waals surface area (Å²) in [4.78, 5) is 18.0. The van der Waals surface area contributed by atoms with E-state index in [-0.39, 0.29) is 25.4 Å². The first kappa shape index (κ1) is 19.8. The molecule has 1 saturated heterocycles. The number of methoxy groups -OCH3 is 1. The number of rotatable bonds is 7. The van der Waals surface area contributed by atoms with Crippen molar-refractivity contribution in [3.8, 4) is 5.75 Å². The summed E-state index contributed by atoms with van der Waals surface area (Å²) in [6, 6.07) is 12.8. The van der Waals surface area contributed by atoms with Crippen molar-refractivity contribution in [3.63, 3.8) is 0 Å². The molecule has 0 spiro atoms. The second kappa shape index (κ2) is 8.10. The van der Waals surface area contributed by atoms with E-state index in [1.165, 1.54) is 11.1 Å². The van der Waals surface area contributed by atoms with Gasteiger partial charge in [-0.1, -0.05) is 18.2 Å². The summed E-state index contributed by atoms with van der Waals surface area (Å²) >= 11 is 0. The highest BCUT2D eigenvalue weighted by molar-refractivity contribution is 5.91. The third-order valence-corrected chi connectivity index (χ3v) is 4.75. The highest BCUT2D eigenvalue weighted by Gasteiger charge is 2.44. The van der Waals surface area contributed by atoms with Crippen LogP contribution in [0.4, 0.5) is 20.4 Å². The van der Waals surface area contributed by atoms with Crippen molar-refractivity contribution < 1.29 is 18.3 Å². The van der Waals surface area contributed by atoms with Gasteiger partial charge in [0.25, 0.3) is 5.92 Å². The number of nitrogens with one attached hydrogen (secondary N) is 1. The van der Waals surface area contributed by atoms with Crippen molar-refractivity contribution >= 4 is 17.5 Å². The number of halogens is 2. The van der Waals surface area contributed by atoms with Crippen LogP contribution in [0.15, 0.2) is 54.9 Å². The Bertz CT molecular complexity index is 1010. The van der Waals surface area contributed by atoms with Crippen molar-refractivity contribution in [3.05, 3.63) is 66.0 Å². The van der Waals surface area contributed by atoms with E-state index in [1.54, 1.807) is 36.2 Å². The minimum atomic E-state index is -2.64. The highest BCUT2D eigenvalue weighted by atomic mass is 19.3. The van der Waals surface area contributed by atoms with Crippen molar-refractivity contribution in [1.29, 1.82) is 0 Å². The second-order valence-corrected chi connectivity index (χ2v) is 7.21. The zero-order valence-corrected chi connectivity index (χ0v) is 16.4. The van der Waals surface area contributed by atoms with Crippen LogP contribution < -0.4 is 15.0 Å². The van der Waals surface area contributed by atoms with E-state index in [0.717, 1.165) is 11.3 Å². The summed E-state index contributed by atoms with van der Waals surface area (Å²) in [7, 11) is 1.62. The maximum atomic E-state index is 13.0. The molecule has 1 aliphatic heterocycles. The summed E-state index contributed by atoms with van der Waals surface area (Å²) in [6.45, 7) is -0.0706. The van der Waals surface area contributed by atoms with Gasteiger partial charge in [0.15, 0.2) is 5.82 Å². The number of aromatic nitrogens is 3.